The number of hydrogen-bond donors (Lipinski definition) is 8. The van der Waals surface area contributed by atoms with Gasteiger partial charge in [0.25, 0.3) is 0 Å². The van der Waals surface area contributed by atoms with Crippen LogP contribution < -0.4 is 0 Å². The van der Waals surface area contributed by atoms with Gasteiger partial charge in [-0.1, -0.05) is 47.6 Å². The quantitative estimate of drug-likeness (QED) is 0.0610. The van der Waals surface area contributed by atoms with Crippen molar-refractivity contribution >= 4 is 16.9 Å². The second kappa shape index (κ2) is 15.4. The summed E-state index contributed by atoms with van der Waals surface area (Å²) in [5.74, 6) is -5.25. The molecule has 9 nitrogen and oxygen atoms in total. The Kier molecular flexibility index (Phi) is 10.8. The van der Waals surface area contributed by atoms with E-state index in [1.54, 1.807) is 6.07 Å². The molecule has 4 aromatic carbocycles. The number of ketones is 1. The van der Waals surface area contributed by atoms with Crippen molar-refractivity contribution in [3.05, 3.63) is 141 Å². The molecule has 56 heavy (non-hydrogen) atoms. The Morgan fingerprint density at radius 1 is 0.750 bits per heavy atom. The molecule has 9 heteroatoms. The first-order chi connectivity index (χ1) is 26.5. The number of aromatic hydroxyl groups is 8. The molecule has 0 spiro atoms. The minimum absolute atomic E-state index is 0.0612. The van der Waals surface area contributed by atoms with Gasteiger partial charge in [0.15, 0.2) is 5.78 Å². The Morgan fingerprint density at radius 2 is 1.39 bits per heavy atom. The van der Waals surface area contributed by atoms with E-state index in [2.05, 4.69) is 6.58 Å². The molecule has 0 saturated heterocycles. The van der Waals surface area contributed by atoms with Gasteiger partial charge >= 0.3 is 0 Å². The molecular formula is C47H48O9. The van der Waals surface area contributed by atoms with Crippen molar-refractivity contribution in [2.24, 2.45) is 5.92 Å². The standard InChI is InChI=1S/C47H48O9/c1-23(2)7-9-27-17-36(41(53)22-38(27)50)46(55)44-35(33-14-11-30(49)21-40(33)52)15-25(5)16-37(44)45-42(54)19-28-18-34(32-13-10-29(48)20-39(32)51)31(12-8-24(3)4)26(6)43(28)47(45)56/h7-8,10-11,13-14,16-17,19-22,35,37,44,48-54,56H,6,9,12,15,18H2,1-5H3. The van der Waals surface area contributed by atoms with Gasteiger partial charge < -0.3 is 40.9 Å². The predicted octanol–water partition coefficient (Wildman–Crippen LogP) is 9.94. The van der Waals surface area contributed by atoms with Crippen LogP contribution in [0.5, 0.6) is 46.0 Å². The molecule has 4 aromatic rings. The Labute approximate surface area is 326 Å². The fourth-order valence-corrected chi connectivity index (χ4v) is 8.18. The van der Waals surface area contributed by atoms with Crippen LogP contribution in [0.25, 0.3) is 11.1 Å². The molecule has 0 radical (unpaired) electrons. The number of rotatable bonds is 9. The lowest BCUT2D eigenvalue weighted by molar-refractivity contribution is 0.0876. The molecule has 0 fully saturated rings. The van der Waals surface area contributed by atoms with Crippen LogP contribution in [0.4, 0.5) is 0 Å². The van der Waals surface area contributed by atoms with Crippen LogP contribution in [0, 0.1) is 5.92 Å². The molecule has 290 valence electrons. The van der Waals surface area contributed by atoms with Gasteiger partial charge in [-0.15, -0.1) is 0 Å². The second-order valence-corrected chi connectivity index (χ2v) is 15.5. The predicted molar refractivity (Wildman–Crippen MR) is 218 cm³/mol. The SMILES string of the molecule is C=C1C(CC=C(C)C)=C(c2ccc(O)cc2O)Cc2cc(O)c(C3C=C(C)CC(c4ccc(O)cc4O)C3C(=O)c3cc(CC=C(C)C)c(O)cc3O)c(O)c21. The number of fused-ring (bicyclic) bond motifs is 1. The molecule has 0 bridgehead atoms. The summed E-state index contributed by atoms with van der Waals surface area (Å²) in [6, 6.07) is 12.6. The van der Waals surface area contributed by atoms with Crippen LogP contribution in [-0.2, 0) is 12.8 Å². The topological polar surface area (TPSA) is 179 Å². The van der Waals surface area contributed by atoms with Gasteiger partial charge in [0, 0.05) is 52.6 Å². The van der Waals surface area contributed by atoms with E-state index < -0.39 is 29.3 Å². The first kappa shape index (κ1) is 39.3. The molecule has 8 N–H and O–H groups in total. The van der Waals surface area contributed by atoms with Crippen LogP contribution in [0.15, 0.2) is 102 Å². The van der Waals surface area contributed by atoms with Gasteiger partial charge in [-0.05, 0) is 124 Å². The zero-order chi connectivity index (χ0) is 40.7. The number of phenols is 8. The van der Waals surface area contributed by atoms with Crippen molar-refractivity contribution < 1.29 is 45.6 Å². The van der Waals surface area contributed by atoms with E-state index in [1.165, 1.54) is 42.5 Å². The lowest BCUT2D eigenvalue weighted by Crippen LogP contribution is -2.32. The van der Waals surface area contributed by atoms with E-state index in [4.69, 9.17) is 0 Å². The fraction of sp³-hybridized carbons (Fsp3) is 0.255. The molecule has 3 unspecified atom stereocenters. The Morgan fingerprint density at radius 3 is 2.04 bits per heavy atom. The molecular weight excluding hydrogens is 709 g/mol. The molecule has 0 amide bonds. The van der Waals surface area contributed by atoms with Crippen LogP contribution >= 0.6 is 0 Å². The maximum absolute atomic E-state index is 15.1. The summed E-state index contributed by atoms with van der Waals surface area (Å²) in [6.07, 6.45) is 6.90. The number of Topliss-reactive ketones (excluding diaryl/α,β-unsaturated/α-hetero) is 1. The van der Waals surface area contributed by atoms with Gasteiger partial charge in [-0.3, -0.25) is 4.79 Å². The minimum atomic E-state index is -1.11. The van der Waals surface area contributed by atoms with E-state index in [0.29, 0.717) is 58.2 Å². The minimum Gasteiger partial charge on any atom is -0.508 e. The summed E-state index contributed by atoms with van der Waals surface area (Å²) < 4.78 is 0. The van der Waals surface area contributed by atoms with E-state index in [0.717, 1.165) is 28.4 Å². The average Bonchev–Trinajstić information content (AvgIpc) is 3.10. The van der Waals surface area contributed by atoms with Gasteiger partial charge in [-0.2, -0.15) is 0 Å². The lowest BCUT2D eigenvalue weighted by Gasteiger charge is -2.38. The zero-order valence-electron chi connectivity index (χ0n) is 32.2. The molecule has 2 aliphatic rings. The summed E-state index contributed by atoms with van der Waals surface area (Å²) in [6.45, 7) is 14.0. The lowest BCUT2D eigenvalue weighted by atomic mass is 9.64. The molecule has 0 aliphatic heterocycles. The average molecular weight is 757 g/mol. The number of carbonyl (C=O) groups excluding carboxylic acids is 1. The maximum atomic E-state index is 15.1. The summed E-state index contributed by atoms with van der Waals surface area (Å²) in [5, 5.41) is 88.5. The zero-order valence-corrected chi connectivity index (χ0v) is 32.2. The number of benzene rings is 4. The summed E-state index contributed by atoms with van der Waals surface area (Å²) in [5.41, 5.74) is 6.87. The third-order valence-electron chi connectivity index (χ3n) is 10.9. The van der Waals surface area contributed by atoms with E-state index in [1.807, 2.05) is 52.8 Å². The maximum Gasteiger partial charge on any atom is 0.171 e. The van der Waals surface area contributed by atoms with Crippen molar-refractivity contribution in [1.29, 1.82) is 0 Å². The number of allylic oxidation sites excluding steroid dienone is 9. The van der Waals surface area contributed by atoms with Gasteiger partial charge in [0.1, 0.15) is 46.0 Å². The van der Waals surface area contributed by atoms with Crippen molar-refractivity contribution in [1.82, 2.24) is 0 Å². The second-order valence-electron chi connectivity index (χ2n) is 15.5. The number of carbonyl (C=O) groups is 1. The monoisotopic (exact) mass is 756 g/mol. The number of phenolic OH excluding ortho intramolecular Hbond substituents is 8. The van der Waals surface area contributed by atoms with Gasteiger partial charge in [-0.25, -0.2) is 0 Å². The van der Waals surface area contributed by atoms with E-state index in [-0.39, 0.29) is 57.8 Å². The highest BCUT2D eigenvalue weighted by atomic mass is 16.3. The first-order valence-corrected chi connectivity index (χ1v) is 18.5. The van der Waals surface area contributed by atoms with Gasteiger partial charge in [0.05, 0.1) is 5.56 Å². The highest BCUT2D eigenvalue weighted by Gasteiger charge is 2.44. The van der Waals surface area contributed by atoms with Crippen LogP contribution in [0.1, 0.15) is 103 Å². The van der Waals surface area contributed by atoms with Crippen LogP contribution in [0.3, 0.4) is 0 Å². The van der Waals surface area contributed by atoms with Crippen molar-refractivity contribution in [2.75, 3.05) is 0 Å². The van der Waals surface area contributed by atoms with Crippen LogP contribution in [0.2, 0.25) is 0 Å². The van der Waals surface area contributed by atoms with Crippen molar-refractivity contribution in [3.8, 4) is 46.0 Å². The summed E-state index contributed by atoms with van der Waals surface area (Å²) >= 11 is 0. The largest absolute Gasteiger partial charge is 0.508 e. The van der Waals surface area contributed by atoms with E-state index in [9.17, 15) is 40.9 Å². The van der Waals surface area contributed by atoms with Crippen molar-refractivity contribution in [3.63, 3.8) is 0 Å². The smallest absolute Gasteiger partial charge is 0.171 e. The highest BCUT2D eigenvalue weighted by molar-refractivity contribution is 6.03. The van der Waals surface area contributed by atoms with Crippen LogP contribution in [-0.4, -0.2) is 46.6 Å². The third kappa shape index (κ3) is 7.49. The Balaban J connectivity index is 1.57. The van der Waals surface area contributed by atoms with E-state index >= 15 is 4.79 Å². The molecule has 3 atom stereocenters. The Hall–Kier alpha value is -6.35. The molecule has 0 aromatic heterocycles. The molecule has 0 saturated carbocycles. The summed E-state index contributed by atoms with van der Waals surface area (Å²) in [4.78, 5) is 15.1. The fourth-order valence-electron chi connectivity index (χ4n) is 8.18. The molecule has 0 heterocycles. The molecule has 6 rings (SSSR count). The molecule has 2 aliphatic carbocycles. The third-order valence-corrected chi connectivity index (χ3v) is 10.9. The first-order valence-electron chi connectivity index (χ1n) is 18.5. The van der Waals surface area contributed by atoms with Gasteiger partial charge in [0.2, 0.25) is 0 Å². The Bertz CT molecular complexity index is 2400. The van der Waals surface area contributed by atoms with Crippen molar-refractivity contribution in [2.45, 2.75) is 72.1 Å². The normalized spacial score (nSPS) is 17.9. The highest BCUT2D eigenvalue weighted by Crippen LogP contribution is 2.56. The summed E-state index contributed by atoms with van der Waals surface area (Å²) in [7, 11) is 0. The number of hydrogen-bond acceptors (Lipinski definition) is 9.